The first-order valence-electron chi connectivity index (χ1n) is 6.50. The first kappa shape index (κ1) is 12.4. The Labute approximate surface area is 117 Å². The van der Waals surface area contributed by atoms with Crippen molar-refractivity contribution in [1.82, 2.24) is 0 Å². The van der Waals surface area contributed by atoms with Crippen molar-refractivity contribution in [3.63, 3.8) is 0 Å². The van der Waals surface area contributed by atoms with E-state index in [4.69, 9.17) is 5.73 Å². The summed E-state index contributed by atoms with van der Waals surface area (Å²) < 4.78 is 0. The topological polar surface area (TPSA) is 50.7 Å². The predicted molar refractivity (Wildman–Crippen MR) is 83.7 cm³/mol. The molecule has 0 unspecified atom stereocenters. The molecule has 0 amide bonds. The smallest absolute Gasteiger partial charge is 0.0964 e. The van der Waals surface area contributed by atoms with Crippen LogP contribution in [0.15, 0.2) is 70.9 Å². The lowest BCUT2D eigenvalue weighted by Gasteiger charge is -2.04. The molecule has 0 saturated carbocycles. The van der Waals surface area contributed by atoms with Gasteiger partial charge in [0.15, 0.2) is 0 Å². The van der Waals surface area contributed by atoms with Gasteiger partial charge in [-0.05, 0) is 42.1 Å². The molecule has 0 spiro atoms. The molecule has 0 fully saturated rings. The molecule has 0 saturated heterocycles. The molecule has 0 heterocycles. The average molecular weight is 261 g/mol. The number of anilines is 1. The van der Waals surface area contributed by atoms with E-state index < -0.39 is 0 Å². The monoisotopic (exact) mass is 261 g/mol. The Morgan fingerprint density at radius 3 is 2.35 bits per heavy atom. The van der Waals surface area contributed by atoms with Crippen molar-refractivity contribution >= 4 is 27.8 Å². The summed E-state index contributed by atoms with van der Waals surface area (Å²) in [5.74, 6) is 0. The average Bonchev–Trinajstić information content (AvgIpc) is 2.48. The standard InChI is InChI=1S/C17H15N3/c1-12-6-7-13-4-2-3-5-16(13)17(12)20-19-15-10-8-14(18)9-11-15/h2-11H,18H2,1H3. The number of nitrogen functional groups attached to an aromatic ring is 1. The maximum absolute atomic E-state index is 5.66. The van der Waals surface area contributed by atoms with Gasteiger partial charge in [0.25, 0.3) is 0 Å². The molecule has 3 heteroatoms. The van der Waals surface area contributed by atoms with Crippen LogP contribution in [0.1, 0.15) is 5.56 Å². The third kappa shape index (κ3) is 2.38. The molecule has 0 radical (unpaired) electrons. The van der Waals surface area contributed by atoms with Crippen LogP contribution in [0.4, 0.5) is 17.1 Å². The highest BCUT2D eigenvalue weighted by atomic mass is 15.1. The summed E-state index contributed by atoms with van der Waals surface area (Å²) in [6.07, 6.45) is 0. The van der Waals surface area contributed by atoms with Crippen LogP contribution in [0.25, 0.3) is 10.8 Å². The lowest BCUT2D eigenvalue weighted by Crippen LogP contribution is -1.81. The number of fused-ring (bicyclic) bond motifs is 1. The Balaban J connectivity index is 2.06. The summed E-state index contributed by atoms with van der Waals surface area (Å²) >= 11 is 0. The normalized spacial score (nSPS) is 11.2. The van der Waals surface area contributed by atoms with Gasteiger partial charge in [-0.1, -0.05) is 36.4 Å². The van der Waals surface area contributed by atoms with Crippen molar-refractivity contribution in [3.8, 4) is 0 Å². The first-order valence-corrected chi connectivity index (χ1v) is 6.50. The van der Waals surface area contributed by atoms with E-state index in [1.807, 2.05) is 43.3 Å². The number of nitrogens with zero attached hydrogens (tertiary/aromatic N) is 2. The van der Waals surface area contributed by atoms with Gasteiger partial charge >= 0.3 is 0 Å². The third-order valence-corrected chi connectivity index (χ3v) is 3.26. The minimum absolute atomic E-state index is 0.727. The zero-order valence-corrected chi connectivity index (χ0v) is 11.2. The predicted octanol–water partition coefficient (Wildman–Crippen LogP) is 5.15. The van der Waals surface area contributed by atoms with Crippen molar-refractivity contribution in [1.29, 1.82) is 0 Å². The van der Waals surface area contributed by atoms with Crippen LogP contribution in [0.5, 0.6) is 0 Å². The van der Waals surface area contributed by atoms with Gasteiger partial charge in [0.1, 0.15) is 0 Å². The molecule has 0 aromatic heterocycles. The van der Waals surface area contributed by atoms with Gasteiger partial charge in [0.05, 0.1) is 11.4 Å². The van der Waals surface area contributed by atoms with Gasteiger partial charge in [-0.15, -0.1) is 5.11 Å². The van der Waals surface area contributed by atoms with Crippen molar-refractivity contribution in [3.05, 3.63) is 66.2 Å². The maximum atomic E-state index is 5.66. The van der Waals surface area contributed by atoms with Crippen LogP contribution < -0.4 is 5.73 Å². The van der Waals surface area contributed by atoms with Gasteiger partial charge in [0.2, 0.25) is 0 Å². The van der Waals surface area contributed by atoms with Crippen LogP contribution in [0, 0.1) is 6.92 Å². The number of hydrogen-bond donors (Lipinski definition) is 1. The molecule has 0 atom stereocenters. The van der Waals surface area contributed by atoms with Gasteiger partial charge in [0, 0.05) is 11.1 Å². The zero-order chi connectivity index (χ0) is 13.9. The van der Waals surface area contributed by atoms with Crippen molar-refractivity contribution < 1.29 is 0 Å². The van der Waals surface area contributed by atoms with Gasteiger partial charge in [-0.3, -0.25) is 0 Å². The molecular weight excluding hydrogens is 246 g/mol. The van der Waals surface area contributed by atoms with Crippen LogP contribution in [-0.4, -0.2) is 0 Å². The summed E-state index contributed by atoms with van der Waals surface area (Å²) in [4.78, 5) is 0. The SMILES string of the molecule is Cc1ccc2ccccc2c1N=Nc1ccc(N)cc1. The van der Waals surface area contributed by atoms with Crippen LogP contribution >= 0.6 is 0 Å². The molecule has 98 valence electrons. The van der Waals surface area contributed by atoms with Crippen LogP contribution in [0.2, 0.25) is 0 Å². The van der Waals surface area contributed by atoms with E-state index in [-0.39, 0.29) is 0 Å². The molecule has 0 aliphatic carbocycles. The maximum Gasteiger partial charge on any atom is 0.0964 e. The highest BCUT2D eigenvalue weighted by Crippen LogP contribution is 2.31. The molecule has 0 bridgehead atoms. The number of nitrogens with two attached hydrogens (primary N) is 1. The van der Waals surface area contributed by atoms with E-state index in [0.717, 1.165) is 28.0 Å². The van der Waals surface area contributed by atoms with E-state index in [1.54, 1.807) is 0 Å². The highest BCUT2D eigenvalue weighted by molar-refractivity contribution is 5.93. The van der Waals surface area contributed by atoms with Gasteiger partial charge in [-0.25, -0.2) is 0 Å². The van der Waals surface area contributed by atoms with E-state index in [0.29, 0.717) is 0 Å². The molecule has 3 aromatic rings. The summed E-state index contributed by atoms with van der Waals surface area (Å²) in [7, 11) is 0. The molecular formula is C17H15N3. The molecule has 20 heavy (non-hydrogen) atoms. The molecule has 0 aliphatic heterocycles. The summed E-state index contributed by atoms with van der Waals surface area (Å²) in [5.41, 5.74) is 9.22. The molecule has 2 N–H and O–H groups in total. The van der Waals surface area contributed by atoms with Crippen LogP contribution in [0.3, 0.4) is 0 Å². The molecule has 3 aromatic carbocycles. The second-order valence-corrected chi connectivity index (χ2v) is 4.74. The Morgan fingerprint density at radius 2 is 1.55 bits per heavy atom. The fourth-order valence-corrected chi connectivity index (χ4v) is 2.15. The number of azo groups is 1. The Morgan fingerprint density at radius 1 is 0.800 bits per heavy atom. The number of hydrogen-bond acceptors (Lipinski definition) is 3. The minimum atomic E-state index is 0.727. The lowest BCUT2D eigenvalue weighted by molar-refractivity contribution is 1.22. The van der Waals surface area contributed by atoms with Crippen molar-refractivity contribution in [2.24, 2.45) is 10.2 Å². The largest absolute Gasteiger partial charge is 0.399 e. The quantitative estimate of drug-likeness (QED) is 0.503. The fourth-order valence-electron chi connectivity index (χ4n) is 2.15. The second-order valence-electron chi connectivity index (χ2n) is 4.74. The summed E-state index contributed by atoms with van der Waals surface area (Å²) in [5, 5.41) is 11.0. The Kier molecular flexibility index (Phi) is 3.17. The van der Waals surface area contributed by atoms with E-state index in [2.05, 4.69) is 34.5 Å². The second kappa shape index (κ2) is 5.13. The van der Waals surface area contributed by atoms with Gasteiger partial charge < -0.3 is 5.73 Å². The Hall–Kier alpha value is -2.68. The van der Waals surface area contributed by atoms with E-state index in [1.165, 1.54) is 5.39 Å². The minimum Gasteiger partial charge on any atom is -0.399 e. The van der Waals surface area contributed by atoms with Crippen LogP contribution in [-0.2, 0) is 0 Å². The van der Waals surface area contributed by atoms with Crippen molar-refractivity contribution in [2.45, 2.75) is 6.92 Å². The van der Waals surface area contributed by atoms with Crippen molar-refractivity contribution in [2.75, 3.05) is 5.73 Å². The number of benzene rings is 3. The lowest BCUT2D eigenvalue weighted by atomic mass is 10.1. The first-order chi connectivity index (χ1) is 9.74. The highest BCUT2D eigenvalue weighted by Gasteiger charge is 2.03. The molecule has 0 aliphatic rings. The summed E-state index contributed by atoms with van der Waals surface area (Å²) in [6, 6.07) is 19.7. The summed E-state index contributed by atoms with van der Waals surface area (Å²) in [6.45, 7) is 2.05. The third-order valence-electron chi connectivity index (χ3n) is 3.26. The van der Waals surface area contributed by atoms with E-state index in [9.17, 15) is 0 Å². The van der Waals surface area contributed by atoms with Gasteiger partial charge in [-0.2, -0.15) is 5.11 Å². The fraction of sp³-hybridized carbons (Fsp3) is 0.0588. The zero-order valence-electron chi connectivity index (χ0n) is 11.2. The molecule has 3 nitrogen and oxygen atoms in total. The van der Waals surface area contributed by atoms with E-state index >= 15 is 0 Å². The number of aryl methyl sites for hydroxylation is 1. The Bertz CT molecular complexity index is 774. The number of rotatable bonds is 2. The molecule has 3 rings (SSSR count).